The summed E-state index contributed by atoms with van der Waals surface area (Å²) in [5, 5.41) is 5.73. The van der Waals surface area contributed by atoms with E-state index in [4.69, 9.17) is 16.3 Å². The largest absolute Gasteiger partial charge is 0.484 e. The molecule has 0 aliphatic heterocycles. The maximum Gasteiger partial charge on any atom is 0.416 e. The Labute approximate surface area is 191 Å². The molecule has 2 aromatic rings. The van der Waals surface area contributed by atoms with Crippen molar-refractivity contribution in [2.75, 3.05) is 6.61 Å². The van der Waals surface area contributed by atoms with Crippen LogP contribution in [-0.4, -0.2) is 29.5 Å². The summed E-state index contributed by atoms with van der Waals surface area (Å²) in [5.41, 5.74) is -1.07. The first-order chi connectivity index (χ1) is 15.5. The second-order valence-electron chi connectivity index (χ2n) is 8.45. The van der Waals surface area contributed by atoms with Gasteiger partial charge in [-0.25, -0.2) is 4.39 Å². The number of amides is 2. The number of hydrogen-bond donors (Lipinski definition) is 2. The first kappa shape index (κ1) is 23.1. The zero-order valence-electron chi connectivity index (χ0n) is 17.1. The number of rotatable bonds is 7. The molecule has 174 valence electrons. The van der Waals surface area contributed by atoms with Crippen LogP contribution in [0.5, 0.6) is 5.75 Å². The van der Waals surface area contributed by atoms with E-state index in [1.807, 2.05) is 0 Å². The summed E-state index contributed by atoms with van der Waals surface area (Å²) >= 11 is 5.60. The van der Waals surface area contributed by atoms with Crippen molar-refractivity contribution in [2.24, 2.45) is 0 Å². The molecule has 2 amide bonds. The number of benzene rings is 2. The molecule has 0 radical (unpaired) electrons. The van der Waals surface area contributed by atoms with Crippen LogP contribution in [-0.2, 0) is 15.8 Å². The van der Waals surface area contributed by atoms with Crippen LogP contribution < -0.4 is 15.4 Å². The molecule has 0 unspecified atom stereocenters. The summed E-state index contributed by atoms with van der Waals surface area (Å²) in [6.45, 7) is -0.280. The van der Waals surface area contributed by atoms with Crippen molar-refractivity contribution in [3.8, 4) is 5.75 Å². The van der Waals surface area contributed by atoms with Gasteiger partial charge in [-0.15, -0.1) is 0 Å². The minimum absolute atomic E-state index is 0.0396. The topological polar surface area (TPSA) is 67.4 Å². The molecule has 0 saturated heterocycles. The van der Waals surface area contributed by atoms with Crippen molar-refractivity contribution in [3.05, 3.63) is 70.5 Å². The molecule has 3 aliphatic carbocycles. The van der Waals surface area contributed by atoms with Crippen LogP contribution in [0.4, 0.5) is 17.6 Å². The van der Waals surface area contributed by atoms with Crippen molar-refractivity contribution < 1.29 is 31.9 Å². The normalized spacial score (nSPS) is 23.4. The van der Waals surface area contributed by atoms with Gasteiger partial charge in [0.25, 0.3) is 5.91 Å². The molecular formula is C23H19ClF4N2O3. The van der Waals surface area contributed by atoms with Gasteiger partial charge in [0.15, 0.2) is 6.61 Å². The third-order valence-electron chi connectivity index (χ3n) is 5.75. The molecular weight excluding hydrogens is 464 g/mol. The number of halogens is 5. The van der Waals surface area contributed by atoms with Crippen molar-refractivity contribution in [1.82, 2.24) is 10.6 Å². The lowest BCUT2D eigenvalue weighted by Crippen LogP contribution is -2.83. The van der Waals surface area contributed by atoms with Gasteiger partial charge >= 0.3 is 6.18 Å². The highest BCUT2D eigenvalue weighted by atomic mass is 35.5. The minimum Gasteiger partial charge on any atom is -0.484 e. The molecule has 3 saturated carbocycles. The average Bonchev–Trinajstić information content (AvgIpc) is 2.70. The highest BCUT2D eigenvalue weighted by molar-refractivity contribution is 6.30. The van der Waals surface area contributed by atoms with Crippen LogP contribution in [0.15, 0.2) is 48.5 Å². The molecule has 2 N–H and O–H groups in total. The number of nitrogens with one attached hydrogen (secondary N) is 2. The molecule has 0 atom stereocenters. The van der Waals surface area contributed by atoms with Crippen LogP contribution in [0, 0.1) is 5.82 Å². The van der Waals surface area contributed by atoms with Crippen LogP contribution in [0.2, 0.25) is 5.02 Å². The SMILES string of the molecule is O=C(/C=C/c1ccc(C(F)(F)F)cc1)NC12CC(NC(=O)COc3ccc(Cl)c(F)c3)(C1)C2. The fourth-order valence-electron chi connectivity index (χ4n) is 4.36. The molecule has 10 heteroatoms. The van der Waals surface area contributed by atoms with E-state index in [0.717, 1.165) is 18.2 Å². The summed E-state index contributed by atoms with van der Waals surface area (Å²) in [6.07, 6.45) is 0.0152. The summed E-state index contributed by atoms with van der Waals surface area (Å²) < 4.78 is 56.5. The molecule has 3 aliphatic rings. The van der Waals surface area contributed by atoms with Crippen LogP contribution in [0.3, 0.4) is 0 Å². The van der Waals surface area contributed by atoms with E-state index in [1.54, 1.807) is 0 Å². The summed E-state index contributed by atoms with van der Waals surface area (Å²) in [6, 6.07) is 8.39. The van der Waals surface area contributed by atoms with Crippen molar-refractivity contribution in [2.45, 2.75) is 36.5 Å². The van der Waals surface area contributed by atoms with Gasteiger partial charge in [-0.05, 0) is 55.2 Å². The molecule has 33 heavy (non-hydrogen) atoms. The van der Waals surface area contributed by atoms with Crippen molar-refractivity contribution in [3.63, 3.8) is 0 Å². The van der Waals surface area contributed by atoms with Gasteiger partial charge in [-0.1, -0.05) is 23.7 Å². The molecule has 0 spiro atoms. The van der Waals surface area contributed by atoms with Gasteiger partial charge in [0.2, 0.25) is 5.91 Å². The smallest absolute Gasteiger partial charge is 0.416 e. The quantitative estimate of drug-likeness (QED) is 0.451. The predicted molar refractivity (Wildman–Crippen MR) is 113 cm³/mol. The zero-order chi connectivity index (χ0) is 23.9. The minimum atomic E-state index is -4.41. The maximum absolute atomic E-state index is 13.4. The summed E-state index contributed by atoms with van der Waals surface area (Å²) in [5.74, 6) is -1.16. The summed E-state index contributed by atoms with van der Waals surface area (Å²) in [4.78, 5) is 24.3. The first-order valence-electron chi connectivity index (χ1n) is 10.0. The van der Waals surface area contributed by atoms with E-state index in [-0.39, 0.29) is 29.2 Å². The van der Waals surface area contributed by atoms with E-state index < -0.39 is 28.6 Å². The van der Waals surface area contributed by atoms with Gasteiger partial charge < -0.3 is 15.4 Å². The van der Waals surface area contributed by atoms with Gasteiger partial charge in [0.1, 0.15) is 11.6 Å². The third-order valence-corrected chi connectivity index (χ3v) is 6.06. The van der Waals surface area contributed by atoms with Crippen molar-refractivity contribution >= 4 is 29.5 Å². The molecule has 0 aromatic heterocycles. The van der Waals surface area contributed by atoms with Gasteiger partial charge in [-0.3, -0.25) is 9.59 Å². The van der Waals surface area contributed by atoms with E-state index in [1.165, 1.54) is 36.4 Å². The Morgan fingerprint density at radius 2 is 1.67 bits per heavy atom. The molecule has 5 nitrogen and oxygen atoms in total. The Morgan fingerprint density at radius 1 is 1.03 bits per heavy atom. The molecule has 3 fully saturated rings. The lowest BCUT2D eigenvalue weighted by Gasteiger charge is -2.70. The number of alkyl halides is 3. The van der Waals surface area contributed by atoms with E-state index in [0.29, 0.717) is 24.8 Å². The Hall–Kier alpha value is -3.07. The van der Waals surface area contributed by atoms with Gasteiger partial charge in [-0.2, -0.15) is 13.2 Å². The van der Waals surface area contributed by atoms with Gasteiger partial charge in [0, 0.05) is 23.2 Å². The predicted octanol–water partition coefficient (Wildman–Crippen LogP) is 4.50. The molecule has 5 rings (SSSR count). The lowest BCUT2D eigenvalue weighted by molar-refractivity contribution is -0.148. The fourth-order valence-corrected chi connectivity index (χ4v) is 4.48. The highest BCUT2D eigenvalue weighted by Gasteiger charge is 2.69. The van der Waals surface area contributed by atoms with Crippen LogP contribution in [0.25, 0.3) is 6.08 Å². The molecule has 2 aromatic carbocycles. The number of ether oxygens (including phenoxy) is 1. The molecule has 2 bridgehead atoms. The zero-order valence-corrected chi connectivity index (χ0v) is 17.9. The standard InChI is InChI=1S/C23H19ClF4N2O3/c24-17-7-6-16(9-18(17)25)33-10-20(32)30-22-11-21(12-22,13-22)29-19(31)8-3-14-1-4-15(5-2-14)23(26,27)28/h1-9H,10-13H2,(H,29,31)(H,30,32)/b8-3+. The van der Waals surface area contributed by atoms with E-state index >= 15 is 0 Å². The van der Waals surface area contributed by atoms with Crippen molar-refractivity contribution in [1.29, 1.82) is 0 Å². The van der Waals surface area contributed by atoms with E-state index in [2.05, 4.69) is 10.6 Å². The fraction of sp³-hybridized carbons (Fsp3) is 0.304. The Balaban J connectivity index is 1.20. The highest BCUT2D eigenvalue weighted by Crippen LogP contribution is 2.60. The Kier molecular flexibility index (Phi) is 5.86. The lowest BCUT2D eigenvalue weighted by atomic mass is 9.44. The van der Waals surface area contributed by atoms with Crippen LogP contribution >= 0.6 is 11.6 Å². The number of carbonyl (C=O) groups excluding carboxylic acids is 2. The van der Waals surface area contributed by atoms with Gasteiger partial charge in [0.05, 0.1) is 10.6 Å². The monoisotopic (exact) mass is 482 g/mol. The average molecular weight is 483 g/mol. The van der Waals surface area contributed by atoms with Crippen LogP contribution in [0.1, 0.15) is 30.4 Å². The second kappa shape index (κ2) is 8.37. The number of hydrogen-bond acceptors (Lipinski definition) is 3. The third kappa shape index (κ3) is 5.13. The Morgan fingerprint density at radius 3 is 2.27 bits per heavy atom. The first-order valence-corrected chi connectivity index (χ1v) is 10.4. The second-order valence-corrected chi connectivity index (χ2v) is 8.85. The maximum atomic E-state index is 13.4. The molecule has 0 heterocycles. The Bertz CT molecular complexity index is 1100. The van der Waals surface area contributed by atoms with E-state index in [9.17, 15) is 27.2 Å². The summed E-state index contributed by atoms with van der Waals surface area (Å²) in [7, 11) is 0. The number of carbonyl (C=O) groups is 2.